The molecule has 0 aliphatic rings. The molecule has 94 valence electrons. The van der Waals surface area contributed by atoms with E-state index < -0.39 is 11.8 Å². The third-order valence-electron chi connectivity index (χ3n) is 2.34. The van der Waals surface area contributed by atoms with Crippen LogP contribution in [0.4, 0.5) is 10.2 Å². The number of carbonyl (C=O) groups is 1. The third-order valence-corrected chi connectivity index (χ3v) is 2.34. The maximum absolute atomic E-state index is 12.7. The van der Waals surface area contributed by atoms with E-state index in [0.717, 1.165) is 0 Å². The first-order valence-electron chi connectivity index (χ1n) is 5.41. The van der Waals surface area contributed by atoms with Gasteiger partial charge in [-0.25, -0.2) is 13.9 Å². The Morgan fingerprint density at radius 1 is 1.44 bits per heavy atom. The second kappa shape index (κ2) is 4.87. The lowest BCUT2D eigenvalue weighted by molar-refractivity contribution is 0.0727. The Morgan fingerprint density at radius 2 is 2.11 bits per heavy atom. The van der Waals surface area contributed by atoms with Gasteiger partial charge in [-0.05, 0) is 31.2 Å². The Balaban J connectivity index is 2.14. The lowest BCUT2D eigenvalue weighted by atomic mass is 10.3. The van der Waals surface area contributed by atoms with Crippen molar-refractivity contribution in [2.24, 2.45) is 0 Å². The van der Waals surface area contributed by atoms with E-state index in [1.165, 1.54) is 35.0 Å². The third kappa shape index (κ3) is 2.48. The van der Waals surface area contributed by atoms with E-state index in [0.29, 0.717) is 12.4 Å². The van der Waals surface area contributed by atoms with Gasteiger partial charge in [-0.3, -0.25) is 0 Å². The van der Waals surface area contributed by atoms with Crippen LogP contribution in [0.25, 0.3) is 0 Å². The minimum Gasteiger partial charge on any atom is -0.422 e. The summed E-state index contributed by atoms with van der Waals surface area (Å²) >= 11 is 0. The van der Waals surface area contributed by atoms with Crippen LogP contribution in [0, 0.1) is 5.82 Å². The Labute approximate surface area is 103 Å². The van der Waals surface area contributed by atoms with Crippen LogP contribution in [0.15, 0.2) is 30.3 Å². The summed E-state index contributed by atoms with van der Waals surface area (Å²) in [6.07, 6.45) is 0. The van der Waals surface area contributed by atoms with Crippen molar-refractivity contribution >= 4 is 11.8 Å². The monoisotopic (exact) mass is 249 g/mol. The van der Waals surface area contributed by atoms with Gasteiger partial charge < -0.3 is 10.5 Å². The van der Waals surface area contributed by atoms with Crippen LogP contribution in [0.1, 0.15) is 17.4 Å². The standard InChI is InChI=1S/C12H12FN3O2/c1-2-16-11(14)7-10(15-16)12(17)18-9-5-3-8(13)4-6-9/h3-7H,2,14H2,1H3. The fourth-order valence-corrected chi connectivity index (χ4v) is 1.45. The predicted molar refractivity (Wildman–Crippen MR) is 63.7 cm³/mol. The molecule has 0 saturated carbocycles. The Bertz CT molecular complexity index is 563. The molecule has 0 unspecified atom stereocenters. The molecule has 2 N–H and O–H groups in total. The van der Waals surface area contributed by atoms with Crippen molar-refractivity contribution in [3.05, 3.63) is 41.8 Å². The van der Waals surface area contributed by atoms with Crippen LogP contribution in [0.2, 0.25) is 0 Å². The molecule has 0 bridgehead atoms. The smallest absolute Gasteiger partial charge is 0.364 e. The molecule has 0 spiro atoms. The fraction of sp³-hybridized carbons (Fsp3) is 0.167. The molecule has 18 heavy (non-hydrogen) atoms. The van der Waals surface area contributed by atoms with Crippen LogP contribution in [-0.2, 0) is 6.54 Å². The number of nitrogen functional groups attached to an aromatic ring is 1. The molecule has 5 nitrogen and oxygen atoms in total. The van der Waals surface area contributed by atoms with Gasteiger partial charge in [0.15, 0.2) is 5.69 Å². The minimum atomic E-state index is -0.625. The SMILES string of the molecule is CCn1nc(C(=O)Oc2ccc(F)cc2)cc1N. The van der Waals surface area contributed by atoms with Gasteiger partial charge in [0.05, 0.1) is 0 Å². The largest absolute Gasteiger partial charge is 0.422 e. The summed E-state index contributed by atoms with van der Waals surface area (Å²) in [6.45, 7) is 2.42. The summed E-state index contributed by atoms with van der Waals surface area (Å²) in [7, 11) is 0. The highest BCUT2D eigenvalue weighted by molar-refractivity contribution is 5.89. The van der Waals surface area contributed by atoms with Crippen molar-refractivity contribution in [1.82, 2.24) is 9.78 Å². The van der Waals surface area contributed by atoms with E-state index in [1.807, 2.05) is 6.92 Å². The fourth-order valence-electron chi connectivity index (χ4n) is 1.45. The number of aromatic nitrogens is 2. The average molecular weight is 249 g/mol. The van der Waals surface area contributed by atoms with Crippen molar-refractivity contribution in [3.8, 4) is 5.75 Å². The first-order valence-corrected chi connectivity index (χ1v) is 5.41. The lowest BCUT2D eigenvalue weighted by Crippen LogP contribution is -2.10. The Kier molecular flexibility index (Phi) is 3.27. The first-order chi connectivity index (χ1) is 8.60. The van der Waals surface area contributed by atoms with Crippen molar-refractivity contribution in [2.75, 3.05) is 5.73 Å². The summed E-state index contributed by atoms with van der Waals surface area (Å²) in [5, 5.41) is 3.98. The topological polar surface area (TPSA) is 70.1 Å². The molecular weight excluding hydrogens is 237 g/mol. The van der Waals surface area contributed by atoms with E-state index in [-0.39, 0.29) is 11.4 Å². The number of halogens is 1. The van der Waals surface area contributed by atoms with E-state index in [1.54, 1.807) is 0 Å². The molecule has 1 aromatic carbocycles. The molecule has 0 amide bonds. The van der Waals surface area contributed by atoms with Crippen LogP contribution >= 0.6 is 0 Å². The maximum Gasteiger partial charge on any atom is 0.364 e. The second-order valence-corrected chi connectivity index (χ2v) is 3.61. The van der Waals surface area contributed by atoms with Crippen molar-refractivity contribution in [3.63, 3.8) is 0 Å². The van der Waals surface area contributed by atoms with Crippen molar-refractivity contribution < 1.29 is 13.9 Å². The van der Waals surface area contributed by atoms with Gasteiger partial charge >= 0.3 is 5.97 Å². The molecule has 0 fully saturated rings. The van der Waals surface area contributed by atoms with Gasteiger partial charge in [-0.1, -0.05) is 0 Å². The van der Waals surface area contributed by atoms with Crippen molar-refractivity contribution in [2.45, 2.75) is 13.5 Å². The molecule has 2 rings (SSSR count). The van der Waals surface area contributed by atoms with E-state index in [4.69, 9.17) is 10.5 Å². The number of rotatable bonds is 3. The minimum absolute atomic E-state index is 0.124. The number of esters is 1. The predicted octanol–water partition coefficient (Wildman–Crippen LogP) is 1.84. The Hall–Kier alpha value is -2.37. The summed E-state index contributed by atoms with van der Waals surface area (Å²) < 4.78 is 19.2. The number of benzene rings is 1. The summed E-state index contributed by atoms with van der Waals surface area (Å²) in [5.74, 6) is -0.371. The summed E-state index contributed by atoms with van der Waals surface area (Å²) in [6, 6.07) is 6.60. The highest BCUT2D eigenvalue weighted by Crippen LogP contribution is 2.14. The number of anilines is 1. The lowest BCUT2D eigenvalue weighted by Gasteiger charge is -2.01. The molecule has 1 aromatic heterocycles. The molecule has 0 aliphatic carbocycles. The number of aryl methyl sites for hydroxylation is 1. The zero-order valence-corrected chi connectivity index (χ0v) is 9.76. The van der Waals surface area contributed by atoms with Gasteiger partial charge in [-0.2, -0.15) is 5.10 Å². The van der Waals surface area contributed by atoms with E-state index in [9.17, 15) is 9.18 Å². The van der Waals surface area contributed by atoms with Crippen molar-refractivity contribution in [1.29, 1.82) is 0 Å². The van der Waals surface area contributed by atoms with Crippen LogP contribution < -0.4 is 10.5 Å². The molecule has 0 saturated heterocycles. The van der Waals surface area contributed by atoms with Gasteiger partial charge in [0, 0.05) is 12.6 Å². The van der Waals surface area contributed by atoms with Gasteiger partial charge in [0.1, 0.15) is 17.4 Å². The number of ether oxygens (including phenoxy) is 1. The molecule has 2 aromatic rings. The molecule has 0 aliphatic heterocycles. The van der Waals surface area contributed by atoms with Crippen LogP contribution in [0.5, 0.6) is 5.75 Å². The van der Waals surface area contributed by atoms with E-state index in [2.05, 4.69) is 5.10 Å². The zero-order chi connectivity index (χ0) is 13.1. The maximum atomic E-state index is 12.7. The molecule has 6 heteroatoms. The summed E-state index contributed by atoms with van der Waals surface area (Å²) in [4.78, 5) is 11.7. The number of nitrogens with zero attached hydrogens (tertiary/aromatic N) is 2. The van der Waals surface area contributed by atoms with Gasteiger partial charge in [-0.15, -0.1) is 0 Å². The van der Waals surface area contributed by atoms with Gasteiger partial charge in [0.25, 0.3) is 0 Å². The number of hydrogen-bond acceptors (Lipinski definition) is 4. The molecular formula is C12H12FN3O2. The number of hydrogen-bond donors (Lipinski definition) is 1. The zero-order valence-electron chi connectivity index (χ0n) is 9.76. The van der Waals surface area contributed by atoms with E-state index >= 15 is 0 Å². The molecule has 0 atom stereocenters. The highest BCUT2D eigenvalue weighted by Gasteiger charge is 2.14. The second-order valence-electron chi connectivity index (χ2n) is 3.61. The van der Waals surface area contributed by atoms with Gasteiger partial charge in [0.2, 0.25) is 0 Å². The first kappa shape index (κ1) is 12.1. The highest BCUT2D eigenvalue weighted by atomic mass is 19.1. The summed E-state index contributed by atoms with van der Waals surface area (Å²) in [5.41, 5.74) is 5.77. The molecule has 1 heterocycles. The quantitative estimate of drug-likeness (QED) is 0.665. The number of nitrogens with two attached hydrogens (primary N) is 1. The van der Waals surface area contributed by atoms with Crippen LogP contribution in [0.3, 0.4) is 0 Å². The number of carbonyl (C=O) groups excluding carboxylic acids is 1. The average Bonchev–Trinajstić information content (AvgIpc) is 2.73. The normalized spacial score (nSPS) is 10.3. The Morgan fingerprint density at radius 3 is 2.67 bits per heavy atom. The van der Waals surface area contributed by atoms with Crippen LogP contribution in [-0.4, -0.2) is 15.7 Å². The molecule has 0 radical (unpaired) electrons.